The molecule has 1 saturated heterocycles. The SMILES string of the molecule is CCS(=O)n1cc(-c2nc(Nc3cc(Cl)c(N4CCOCC4)cc3OC)ncc2Cl)c2ccccc21. The van der Waals surface area contributed by atoms with Crippen LogP contribution in [0.15, 0.2) is 48.8 Å². The van der Waals surface area contributed by atoms with Crippen molar-refractivity contribution in [1.82, 2.24) is 13.9 Å². The zero-order valence-electron chi connectivity index (χ0n) is 19.8. The number of methoxy groups -OCH3 is 1. The van der Waals surface area contributed by atoms with E-state index in [1.165, 1.54) is 0 Å². The first kappa shape index (κ1) is 24.8. The van der Waals surface area contributed by atoms with E-state index in [1.54, 1.807) is 23.3 Å². The molecular weight excluding hydrogens is 521 g/mol. The van der Waals surface area contributed by atoms with Crippen molar-refractivity contribution in [3.63, 3.8) is 0 Å². The Kier molecular flexibility index (Phi) is 7.34. The number of ether oxygens (including phenoxy) is 2. The van der Waals surface area contributed by atoms with E-state index in [0.717, 1.165) is 35.2 Å². The lowest BCUT2D eigenvalue weighted by atomic mass is 10.1. The summed E-state index contributed by atoms with van der Waals surface area (Å²) >= 11 is 13.2. The van der Waals surface area contributed by atoms with Crippen LogP contribution >= 0.6 is 23.2 Å². The molecule has 1 fully saturated rings. The molecule has 188 valence electrons. The van der Waals surface area contributed by atoms with Gasteiger partial charge in [0.2, 0.25) is 5.95 Å². The molecule has 1 N–H and O–H groups in total. The lowest BCUT2D eigenvalue weighted by Crippen LogP contribution is -2.36. The highest BCUT2D eigenvalue weighted by Crippen LogP contribution is 2.39. The maximum Gasteiger partial charge on any atom is 0.227 e. The number of nitrogens with zero attached hydrogens (tertiary/aromatic N) is 4. The summed E-state index contributed by atoms with van der Waals surface area (Å²) in [5.41, 5.74) is 3.67. The van der Waals surface area contributed by atoms with Crippen molar-refractivity contribution < 1.29 is 13.7 Å². The molecule has 1 unspecified atom stereocenters. The minimum Gasteiger partial charge on any atom is -0.494 e. The standard InChI is InChI=1S/C25H25Cl2N5O3S/c1-3-36(33)32-15-17(16-6-4-5-7-21(16)32)24-19(27)14-28-25(30-24)29-20-12-18(26)22(13-23(20)34-2)31-8-10-35-11-9-31/h4-7,12-15H,3,8-11H2,1-2H3,(H,28,29,30). The van der Waals surface area contributed by atoms with Crippen molar-refractivity contribution in [2.45, 2.75) is 6.92 Å². The summed E-state index contributed by atoms with van der Waals surface area (Å²) in [7, 11) is 0.404. The number of hydrogen-bond acceptors (Lipinski definition) is 7. The molecule has 1 aliphatic heterocycles. The normalized spacial score (nSPS) is 14.7. The predicted octanol–water partition coefficient (Wildman–Crippen LogP) is 5.53. The first-order chi connectivity index (χ1) is 17.5. The molecule has 2 aromatic heterocycles. The summed E-state index contributed by atoms with van der Waals surface area (Å²) in [6, 6.07) is 11.5. The van der Waals surface area contributed by atoms with Gasteiger partial charge in [-0.1, -0.05) is 48.3 Å². The summed E-state index contributed by atoms with van der Waals surface area (Å²) in [5.74, 6) is 1.43. The molecule has 2 aromatic carbocycles. The number of hydrogen-bond donors (Lipinski definition) is 1. The first-order valence-electron chi connectivity index (χ1n) is 11.5. The molecule has 0 aliphatic carbocycles. The number of aromatic nitrogens is 3. The fraction of sp³-hybridized carbons (Fsp3) is 0.280. The van der Waals surface area contributed by atoms with E-state index in [4.69, 9.17) is 37.7 Å². The Labute approximate surface area is 221 Å². The number of fused-ring (bicyclic) bond motifs is 1. The fourth-order valence-electron chi connectivity index (χ4n) is 4.24. The van der Waals surface area contributed by atoms with Gasteiger partial charge in [-0.15, -0.1) is 0 Å². The van der Waals surface area contributed by atoms with E-state index in [9.17, 15) is 4.21 Å². The molecule has 1 aliphatic rings. The maximum absolute atomic E-state index is 12.7. The lowest BCUT2D eigenvalue weighted by Gasteiger charge is -2.30. The van der Waals surface area contributed by atoms with E-state index in [2.05, 4.69) is 15.2 Å². The molecule has 3 heterocycles. The van der Waals surface area contributed by atoms with Gasteiger partial charge in [-0.05, 0) is 12.1 Å². The van der Waals surface area contributed by atoms with Crippen LogP contribution in [0.1, 0.15) is 6.92 Å². The molecule has 5 rings (SSSR count). The molecule has 11 heteroatoms. The highest BCUT2D eigenvalue weighted by atomic mass is 35.5. The van der Waals surface area contributed by atoms with Crippen molar-refractivity contribution in [3.05, 3.63) is 58.8 Å². The van der Waals surface area contributed by atoms with Crippen molar-refractivity contribution in [3.8, 4) is 17.0 Å². The highest BCUT2D eigenvalue weighted by Gasteiger charge is 2.20. The van der Waals surface area contributed by atoms with Crippen molar-refractivity contribution >= 4 is 62.4 Å². The van der Waals surface area contributed by atoms with Crippen LogP contribution in [-0.2, 0) is 15.7 Å². The minimum atomic E-state index is -1.20. The summed E-state index contributed by atoms with van der Waals surface area (Å²) in [6.45, 7) is 4.71. The van der Waals surface area contributed by atoms with Crippen molar-refractivity contribution in [1.29, 1.82) is 0 Å². The zero-order valence-corrected chi connectivity index (χ0v) is 22.2. The smallest absolute Gasteiger partial charge is 0.227 e. The van der Waals surface area contributed by atoms with Gasteiger partial charge in [0.1, 0.15) is 16.7 Å². The van der Waals surface area contributed by atoms with Gasteiger partial charge in [-0.3, -0.25) is 3.97 Å². The van der Waals surface area contributed by atoms with Gasteiger partial charge in [-0.25, -0.2) is 14.2 Å². The van der Waals surface area contributed by atoms with E-state index in [1.807, 2.05) is 43.5 Å². The van der Waals surface area contributed by atoms with Crippen molar-refractivity contribution in [2.75, 3.05) is 49.4 Å². The first-order valence-corrected chi connectivity index (χ1v) is 13.5. The van der Waals surface area contributed by atoms with Crippen LogP contribution in [0.25, 0.3) is 22.2 Å². The highest BCUT2D eigenvalue weighted by molar-refractivity contribution is 7.83. The molecular formula is C25H25Cl2N5O3S. The number of nitrogens with one attached hydrogen (secondary N) is 1. The van der Waals surface area contributed by atoms with Gasteiger partial charge >= 0.3 is 0 Å². The molecule has 0 amide bonds. The summed E-state index contributed by atoms with van der Waals surface area (Å²) in [4.78, 5) is 11.3. The van der Waals surface area contributed by atoms with E-state index < -0.39 is 11.0 Å². The van der Waals surface area contributed by atoms with E-state index in [0.29, 0.717) is 52.1 Å². The molecule has 0 radical (unpaired) electrons. The summed E-state index contributed by atoms with van der Waals surface area (Å²) < 4.78 is 25.5. The molecule has 0 bridgehead atoms. The number of halogens is 2. The Bertz CT molecular complexity index is 1440. The summed E-state index contributed by atoms with van der Waals surface area (Å²) in [5, 5.41) is 5.09. The molecule has 4 aromatic rings. The summed E-state index contributed by atoms with van der Waals surface area (Å²) in [6.07, 6.45) is 3.38. The largest absolute Gasteiger partial charge is 0.494 e. The van der Waals surface area contributed by atoms with Gasteiger partial charge in [0.15, 0.2) is 0 Å². The Hall–Kier alpha value is -2.85. The zero-order chi connectivity index (χ0) is 25.2. The molecule has 0 saturated carbocycles. The Morgan fingerprint density at radius 3 is 2.69 bits per heavy atom. The van der Waals surface area contributed by atoms with E-state index in [-0.39, 0.29) is 0 Å². The topological polar surface area (TPSA) is 81.5 Å². The van der Waals surface area contributed by atoms with Crippen LogP contribution in [0.2, 0.25) is 10.0 Å². The van der Waals surface area contributed by atoms with Crippen LogP contribution in [0.3, 0.4) is 0 Å². The third-order valence-electron chi connectivity index (χ3n) is 6.01. The number of para-hydroxylation sites is 1. The van der Waals surface area contributed by atoms with Crippen molar-refractivity contribution in [2.24, 2.45) is 0 Å². The number of morpholine rings is 1. The van der Waals surface area contributed by atoms with Gasteiger partial charge in [0, 0.05) is 42.1 Å². The Morgan fingerprint density at radius 1 is 1.17 bits per heavy atom. The second kappa shape index (κ2) is 10.6. The average molecular weight is 546 g/mol. The Morgan fingerprint density at radius 2 is 1.94 bits per heavy atom. The minimum absolute atomic E-state index is 0.330. The second-order valence-corrected chi connectivity index (χ2v) is 10.5. The quantitative estimate of drug-likeness (QED) is 0.327. The molecule has 0 spiro atoms. The molecule has 36 heavy (non-hydrogen) atoms. The van der Waals surface area contributed by atoms with Crippen LogP contribution in [0.4, 0.5) is 17.3 Å². The van der Waals surface area contributed by atoms with Crippen LogP contribution in [-0.4, -0.2) is 57.3 Å². The molecule has 1 atom stereocenters. The monoisotopic (exact) mass is 545 g/mol. The predicted molar refractivity (Wildman–Crippen MR) is 146 cm³/mol. The van der Waals surface area contributed by atoms with Crippen LogP contribution < -0.4 is 15.0 Å². The lowest BCUT2D eigenvalue weighted by molar-refractivity contribution is 0.122. The van der Waals surface area contributed by atoms with Gasteiger partial charge < -0.3 is 19.7 Å². The Balaban J connectivity index is 1.52. The third kappa shape index (κ3) is 4.76. The number of anilines is 3. The van der Waals surface area contributed by atoms with Crippen LogP contribution in [0.5, 0.6) is 5.75 Å². The third-order valence-corrected chi connectivity index (χ3v) is 7.82. The second-order valence-electron chi connectivity index (χ2n) is 8.11. The number of benzene rings is 2. The van der Waals surface area contributed by atoms with Gasteiger partial charge in [0.25, 0.3) is 0 Å². The maximum atomic E-state index is 12.7. The van der Waals surface area contributed by atoms with Crippen LogP contribution in [0, 0.1) is 0 Å². The van der Waals surface area contributed by atoms with E-state index >= 15 is 0 Å². The fourth-order valence-corrected chi connectivity index (χ4v) is 5.59. The molecule has 8 nitrogen and oxygen atoms in total. The average Bonchev–Trinajstić information content (AvgIpc) is 3.29. The van der Waals surface area contributed by atoms with Gasteiger partial charge in [0.05, 0.1) is 59.2 Å². The van der Waals surface area contributed by atoms with Gasteiger partial charge in [-0.2, -0.15) is 0 Å². The number of rotatable bonds is 7.